The van der Waals surface area contributed by atoms with Gasteiger partial charge in [0.1, 0.15) is 17.7 Å². The maximum atomic E-state index is 13.4. The molecule has 4 amide bonds. The van der Waals surface area contributed by atoms with Gasteiger partial charge in [0.05, 0.1) is 6.42 Å². The molecule has 0 aliphatic rings. The van der Waals surface area contributed by atoms with Gasteiger partial charge in [-0.05, 0) is 57.7 Å². The van der Waals surface area contributed by atoms with Crippen LogP contribution in [0.3, 0.4) is 0 Å². The summed E-state index contributed by atoms with van der Waals surface area (Å²) in [6, 6.07) is 3.32. The van der Waals surface area contributed by atoms with Gasteiger partial charge in [-0.2, -0.15) is 0 Å². The van der Waals surface area contributed by atoms with Gasteiger partial charge in [0, 0.05) is 13.6 Å². The Labute approximate surface area is 202 Å². The Kier molecular flexibility index (Phi) is 11.0. The van der Waals surface area contributed by atoms with Gasteiger partial charge in [-0.25, -0.2) is 4.79 Å². The Morgan fingerprint density at radius 2 is 1.76 bits per heavy atom. The highest BCUT2D eigenvalue weighted by atomic mass is 16.6. The molecule has 1 aromatic carbocycles. The van der Waals surface area contributed by atoms with Crippen molar-refractivity contribution in [2.75, 3.05) is 13.6 Å². The summed E-state index contributed by atoms with van der Waals surface area (Å²) in [7, 11) is 1.48. The van der Waals surface area contributed by atoms with Gasteiger partial charge in [-0.3, -0.25) is 14.4 Å². The van der Waals surface area contributed by atoms with Crippen LogP contribution in [0.15, 0.2) is 18.2 Å². The van der Waals surface area contributed by atoms with Crippen LogP contribution in [0.2, 0.25) is 0 Å². The number of rotatable bonds is 11. The van der Waals surface area contributed by atoms with Gasteiger partial charge in [0.15, 0.2) is 0 Å². The van der Waals surface area contributed by atoms with Gasteiger partial charge in [-0.15, -0.1) is 0 Å². The number of likely N-dealkylation sites (N-methyl/N-ethyl adjacent to an activating group) is 1. The number of carbonyl (C=O) groups excluding carboxylic acids is 4. The topological polar surface area (TPSA) is 131 Å². The number of nitrogens with two attached hydrogens (primary N) is 1. The molecule has 4 N–H and O–H groups in total. The minimum absolute atomic E-state index is 0.337. The Bertz CT molecular complexity index is 879. The summed E-state index contributed by atoms with van der Waals surface area (Å²) < 4.78 is 5.23. The second-order valence-electron chi connectivity index (χ2n) is 9.51. The SMILES string of the molecule is CCCCCNC(=O)C(c1cccc(C)c1C)N(C)C(=O)C(CC(N)=O)NC(=O)OC(C)(C)C. The minimum atomic E-state index is -1.28. The van der Waals surface area contributed by atoms with Crippen molar-refractivity contribution in [3.63, 3.8) is 0 Å². The van der Waals surface area contributed by atoms with Crippen LogP contribution in [0.1, 0.15) is 76.1 Å². The molecule has 0 fully saturated rings. The third kappa shape index (κ3) is 9.03. The van der Waals surface area contributed by atoms with Gasteiger partial charge in [0.25, 0.3) is 0 Å². The average Bonchev–Trinajstić information content (AvgIpc) is 2.71. The number of carbonyl (C=O) groups is 4. The van der Waals surface area contributed by atoms with Crippen molar-refractivity contribution in [2.45, 2.75) is 84.9 Å². The van der Waals surface area contributed by atoms with Crippen LogP contribution >= 0.6 is 0 Å². The fourth-order valence-corrected chi connectivity index (χ4v) is 3.50. The molecule has 2 atom stereocenters. The highest BCUT2D eigenvalue weighted by molar-refractivity contribution is 5.94. The van der Waals surface area contributed by atoms with E-state index in [2.05, 4.69) is 17.6 Å². The van der Waals surface area contributed by atoms with E-state index in [0.29, 0.717) is 12.1 Å². The van der Waals surface area contributed by atoms with Crippen LogP contribution in [0.25, 0.3) is 0 Å². The number of unbranched alkanes of at least 4 members (excludes halogenated alkanes) is 2. The summed E-state index contributed by atoms with van der Waals surface area (Å²) in [6.07, 6.45) is 1.53. The number of hydrogen-bond donors (Lipinski definition) is 3. The molecule has 0 saturated heterocycles. The lowest BCUT2D eigenvalue weighted by molar-refractivity contribution is -0.141. The first-order valence-electron chi connectivity index (χ1n) is 11.7. The number of primary amides is 1. The van der Waals surface area contributed by atoms with Crippen molar-refractivity contribution in [3.8, 4) is 0 Å². The molecule has 34 heavy (non-hydrogen) atoms. The lowest BCUT2D eigenvalue weighted by atomic mass is 9.95. The predicted molar refractivity (Wildman–Crippen MR) is 131 cm³/mol. The van der Waals surface area contributed by atoms with Crippen LogP contribution in [0, 0.1) is 13.8 Å². The summed E-state index contributed by atoms with van der Waals surface area (Å²) in [4.78, 5) is 51.9. The quantitative estimate of drug-likeness (QED) is 0.423. The van der Waals surface area contributed by atoms with Crippen LogP contribution in [-0.4, -0.2) is 54.0 Å². The summed E-state index contributed by atoms with van der Waals surface area (Å²) in [5.41, 5.74) is 7.06. The number of nitrogens with zero attached hydrogens (tertiary/aromatic N) is 1. The standard InChI is InChI=1S/C25H40N4O5/c1-8-9-10-14-27-22(31)21(18-13-11-12-16(2)17(18)3)29(7)23(32)19(15-20(26)30)28-24(33)34-25(4,5)6/h11-13,19,21H,8-10,14-15H2,1-7H3,(H2,26,30)(H,27,31)(H,28,33). The molecule has 190 valence electrons. The zero-order valence-corrected chi connectivity index (χ0v) is 21.5. The second-order valence-corrected chi connectivity index (χ2v) is 9.51. The molecule has 0 bridgehead atoms. The largest absolute Gasteiger partial charge is 0.444 e. The van der Waals surface area contributed by atoms with E-state index in [1.165, 1.54) is 11.9 Å². The monoisotopic (exact) mass is 476 g/mol. The first-order chi connectivity index (χ1) is 15.8. The molecule has 1 rings (SSSR count). The molecule has 0 aliphatic carbocycles. The second kappa shape index (κ2) is 13.0. The fourth-order valence-electron chi connectivity index (χ4n) is 3.50. The Balaban J connectivity index is 3.27. The molecule has 0 aliphatic heterocycles. The fraction of sp³-hybridized carbons (Fsp3) is 0.600. The van der Waals surface area contributed by atoms with Gasteiger partial charge < -0.3 is 26.0 Å². The number of ether oxygens (including phenoxy) is 1. The molecule has 0 heterocycles. The van der Waals surface area contributed by atoms with Crippen molar-refractivity contribution >= 4 is 23.8 Å². The zero-order valence-electron chi connectivity index (χ0n) is 21.5. The van der Waals surface area contributed by atoms with E-state index < -0.39 is 42.0 Å². The molecule has 0 aromatic heterocycles. The lowest BCUT2D eigenvalue weighted by Gasteiger charge is -2.32. The Morgan fingerprint density at radius 3 is 2.32 bits per heavy atom. The lowest BCUT2D eigenvalue weighted by Crippen LogP contribution is -2.53. The van der Waals surface area contributed by atoms with Gasteiger partial charge >= 0.3 is 6.09 Å². The van der Waals surface area contributed by atoms with Crippen LogP contribution < -0.4 is 16.4 Å². The van der Waals surface area contributed by atoms with E-state index in [1.54, 1.807) is 26.8 Å². The van der Waals surface area contributed by atoms with E-state index in [9.17, 15) is 19.2 Å². The number of nitrogens with one attached hydrogen (secondary N) is 2. The van der Waals surface area contributed by atoms with E-state index >= 15 is 0 Å². The Morgan fingerprint density at radius 1 is 1.12 bits per heavy atom. The Hall–Kier alpha value is -3.10. The summed E-state index contributed by atoms with van der Waals surface area (Å²) in [5.74, 6) is -1.73. The normalized spacial score (nSPS) is 12.9. The maximum absolute atomic E-state index is 13.4. The molecule has 9 heteroatoms. The smallest absolute Gasteiger partial charge is 0.408 e. The highest BCUT2D eigenvalue weighted by Crippen LogP contribution is 2.26. The average molecular weight is 477 g/mol. The predicted octanol–water partition coefficient (Wildman–Crippen LogP) is 2.88. The summed E-state index contributed by atoms with van der Waals surface area (Å²) >= 11 is 0. The first-order valence-corrected chi connectivity index (χ1v) is 11.7. The number of alkyl carbamates (subject to hydrolysis) is 1. The summed E-state index contributed by atoms with van der Waals surface area (Å²) in [5, 5.41) is 5.35. The molecule has 0 spiro atoms. The van der Waals surface area contributed by atoms with Crippen molar-refractivity contribution in [1.82, 2.24) is 15.5 Å². The molecular weight excluding hydrogens is 436 g/mol. The van der Waals surface area contributed by atoms with Crippen molar-refractivity contribution in [3.05, 3.63) is 34.9 Å². The molecule has 0 radical (unpaired) electrons. The third-order valence-corrected chi connectivity index (χ3v) is 5.40. The van der Waals surface area contributed by atoms with Crippen LogP contribution in [-0.2, 0) is 19.1 Å². The zero-order chi connectivity index (χ0) is 26.1. The molecule has 9 nitrogen and oxygen atoms in total. The molecule has 0 saturated carbocycles. The van der Waals surface area contributed by atoms with Gasteiger partial charge in [0.2, 0.25) is 17.7 Å². The van der Waals surface area contributed by atoms with Crippen molar-refractivity contribution in [1.29, 1.82) is 0 Å². The molecule has 2 unspecified atom stereocenters. The summed E-state index contributed by atoms with van der Waals surface area (Å²) in [6.45, 7) is 11.4. The van der Waals surface area contributed by atoms with Crippen molar-refractivity contribution < 1.29 is 23.9 Å². The number of amides is 4. The van der Waals surface area contributed by atoms with Crippen molar-refractivity contribution in [2.24, 2.45) is 5.73 Å². The van der Waals surface area contributed by atoms with Crippen LogP contribution in [0.4, 0.5) is 4.79 Å². The van der Waals surface area contributed by atoms with E-state index in [1.807, 2.05) is 26.0 Å². The number of hydrogen-bond acceptors (Lipinski definition) is 5. The highest BCUT2D eigenvalue weighted by Gasteiger charge is 2.35. The number of benzene rings is 1. The van der Waals surface area contributed by atoms with Gasteiger partial charge in [-0.1, -0.05) is 38.0 Å². The first kappa shape index (κ1) is 28.9. The maximum Gasteiger partial charge on any atom is 0.408 e. The van der Waals surface area contributed by atoms with Crippen LogP contribution in [0.5, 0.6) is 0 Å². The molecule has 1 aromatic rings. The van der Waals surface area contributed by atoms with E-state index in [-0.39, 0.29) is 5.91 Å². The van der Waals surface area contributed by atoms with E-state index in [0.717, 1.165) is 30.4 Å². The van der Waals surface area contributed by atoms with E-state index in [4.69, 9.17) is 10.5 Å². The third-order valence-electron chi connectivity index (χ3n) is 5.40. The molecular formula is C25H40N4O5. The number of aryl methyl sites for hydroxylation is 1. The minimum Gasteiger partial charge on any atom is -0.444 e.